The molecule has 1 atom stereocenters. The Kier molecular flexibility index (Phi) is 5.08. The molecule has 0 radical (unpaired) electrons. The molecule has 0 saturated heterocycles. The van der Waals surface area contributed by atoms with E-state index in [0.29, 0.717) is 22.9 Å². The third-order valence-corrected chi connectivity index (χ3v) is 3.74. The minimum absolute atomic E-state index is 0.605. The summed E-state index contributed by atoms with van der Waals surface area (Å²) in [7, 11) is 0. The van der Waals surface area contributed by atoms with E-state index >= 15 is 0 Å². The minimum Gasteiger partial charge on any atom is -0.457 e. The Bertz CT molecular complexity index is 567. The minimum atomic E-state index is -0.938. The second-order valence-electron chi connectivity index (χ2n) is 4.76. The molecule has 106 valence electrons. The molecule has 2 aromatic rings. The highest BCUT2D eigenvalue weighted by Crippen LogP contribution is 2.35. The molecule has 20 heavy (non-hydrogen) atoms. The van der Waals surface area contributed by atoms with Gasteiger partial charge < -0.3 is 9.84 Å². The molecule has 0 bridgehead atoms. The Labute approximate surface area is 132 Å². The number of aliphatic hydroxyl groups is 1. The quantitative estimate of drug-likeness (QED) is 0.754. The van der Waals surface area contributed by atoms with Gasteiger partial charge in [-0.15, -0.1) is 0 Å². The number of ether oxygens (including phenoxy) is 1. The maximum absolute atomic E-state index is 10.6. The van der Waals surface area contributed by atoms with Gasteiger partial charge in [-0.25, -0.2) is 0 Å². The molecule has 4 heteroatoms. The molecule has 0 saturated carbocycles. The predicted molar refractivity (Wildman–Crippen MR) is 85.9 cm³/mol. The van der Waals surface area contributed by atoms with Crippen LogP contribution in [0.2, 0.25) is 5.02 Å². The van der Waals surface area contributed by atoms with Gasteiger partial charge in [0.15, 0.2) is 0 Å². The number of halogens is 2. The summed E-state index contributed by atoms with van der Waals surface area (Å²) < 4.78 is 5.86. The third kappa shape index (κ3) is 3.75. The zero-order valence-electron chi connectivity index (χ0n) is 11.1. The van der Waals surface area contributed by atoms with Crippen LogP contribution in [-0.2, 0) is 5.60 Å². The van der Waals surface area contributed by atoms with Gasteiger partial charge in [0.2, 0.25) is 0 Å². The average molecular weight is 356 g/mol. The number of hydrogen-bond donors (Lipinski definition) is 1. The van der Waals surface area contributed by atoms with Crippen LogP contribution in [-0.4, -0.2) is 10.4 Å². The normalized spacial score (nSPS) is 13.8. The maximum Gasteiger partial charge on any atom is 0.133 e. The molecule has 0 aromatic heterocycles. The Morgan fingerprint density at radius 1 is 1.15 bits per heavy atom. The molecule has 0 fully saturated rings. The van der Waals surface area contributed by atoms with Gasteiger partial charge in [-0.2, -0.15) is 0 Å². The molecule has 1 unspecified atom stereocenters. The summed E-state index contributed by atoms with van der Waals surface area (Å²) in [6.45, 7) is 1.79. The molecule has 0 spiro atoms. The summed E-state index contributed by atoms with van der Waals surface area (Å²) in [5.74, 6) is 1.34. The number of benzene rings is 2. The predicted octanol–water partition coefficient (Wildman–Crippen LogP) is 5.12. The summed E-state index contributed by atoms with van der Waals surface area (Å²) in [6.07, 6.45) is 0.605. The van der Waals surface area contributed by atoms with E-state index < -0.39 is 5.60 Å². The first-order valence-corrected chi connectivity index (χ1v) is 7.84. The van der Waals surface area contributed by atoms with Crippen molar-refractivity contribution in [1.82, 2.24) is 0 Å². The maximum atomic E-state index is 10.6. The van der Waals surface area contributed by atoms with Gasteiger partial charge in [-0.05, 0) is 43.7 Å². The molecule has 0 amide bonds. The van der Waals surface area contributed by atoms with E-state index in [-0.39, 0.29) is 0 Å². The van der Waals surface area contributed by atoms with Crippen LogP contribution < -0.4 is 4.74 Å². The van der Waals surface area contributed by atoms with E-state index in [0.717, 1.165) is 10.9 Å². The lowest BCUT2D eigenvalue weighted by Gasteiger charge is -2.25. The van der Waals surface area contributed by atoms with Crippen molar-refractivity contribution in [1.29, 1.82) is 0 Å². The molecule has 2 nitrogen and oxygen atoms in total. The summed E-state index contributed by atoms with van der Waals surface area (Å²) in [5, 5.41) is 11.9. The SMILES string of the molecule is CC(O)(CCBr)c1ccccc1Oc1ccc(Cl)cc1. The first kappa shape index (κ1) is 15.4. The fourth-order valence-corrected chi connectivity index (χ4v) is 2.85. The van der Waals surface area contributed by atoms with Gasteiger partial charge in [0, 0.05) is 15.9 Å². The van der Waals surface area contributed by atoms with Gasteiger partial charge in [0.05, 0.1) is 5.60 Å². The molecule has 2 aromatic carbocycles. The average Bonchev–Trinajstić information content (AvgIpc) is 2.42. The summed E-state index contributed by atoms with van der Waals surface area (Å²) in [6, 6.07) is 14.7. The highest BCUT2D eigenvalue weighted by molar-refractivity contribution is 9.09. The second-order valence-corrected chi connectivity index (χ2v) is 5.99. The zero-order chi connectivity index (χ0) is 14.6. The Morgan fingerprint density at radius 2 is 1.80 bits per heavy atom. The van der Waals surface area contributed by atoms with Crippen molar-refractivity contribution in [3.8, 4) is 11.5 Å². The zero-order valence-corrected chi connectivity index (χ0v) is 13.5. The van der Waals surface area contributed by atoms with Crippen molar-refractivity contribution < 1.29 is 9.84 Å². The summed E-state index contributed by atoms with van der Waals surface area (Å²) in [4.78, 5) is 0. The smallest absolute Gasteiger partial charge is 0.133 e. The van der Waals surface area contributed by atoms with Crippen LogP contribution in [0.3, 0.4) is 0 Å². The largest absolute Gasteiger partial charge is 0.457 e. The van der Waals surface area contributed by atoms with Crippen LogP contribution in [0.25, 0.3) is 0 Å². The topological polar surface area (TPSA) is 29.5 Å². The van der Waals surface area contributed by atoms with Crippen molar-refractivity contribution in [3.05, 3.63) is 59.1 Å². The lowest BCUT2D eigenvalue weighted by atomic mass is 9.92. The second kappa shape index (κ2) is 6.61. The lowest BCUT2D eigenvalue weighted by molar-refractivity contribution is 0.0526. The molecule has 0 aliphatic heterocycles. The van der Waals surface area contributed by atoms with Crippen LogP contribution in [0.15, 0.2) is 48.5 Å². The van der Waals surface area contributed by atoms with E-state index in [9.17, 15) is 5.11 Å². The molecular formula is C16H16BrClO2. The van der Waals surface area contributed by atoms with Crippen molar-refractivity contribution in [2.75, 3.05) is 5.33 Å². The van der Waals surface area contributed by atoms with E-state index in [1.54, 1.807) is 31.2 Å². The van der Waals surface area contributed by atoms with E-state index in [1.165, 1.54) is 0 Å². The highest BCUT2D eigenvalue weighted by atomic mass is 79.9. The first-order valence-electron chi connectivity index (χ1n) is 6.34. The Morgan fingerprint density at radius 3 is 2.45 bits per heavy atom. The van der Waals surface area contributed by atoms with Gasteiger partial charge in [-0.1, -0.05) is 45.7 Å². The van der Waals surface area contributed by atoms with Crippen LogP contribution in [0.1, 0.15) is 18.9 Å². The van der Waals surface area contributed by atoms with Crippen LogP contribution in [0.4, 0.5) is 0 Å². The molecule has 2 rings (SSSR count). The third-order valence-electron chi connectivity index (χ3n) is 3.09. The Balaban J connectivity index is 2.30. The number of para-hydroxylation sites is 1. The van der Waals surface area contributed by atoms with E-state index in [1.807, 2.05) is 24.3 Å². The van der Waals surface area contributed by atoms with Crippen LogP contribution in [0.5, 0.6) is 11.5 Å². The fourth-order valence-electron chi connectivity index (χ4n) is 1.95. The Hall–Kier alpha value is -1.03. The number of rotatable bonds is 5. The van der Waals surface area contributed by atoms with E-state index in [2.05, 4.69) is 15.9 Å². The summed E-state index contributed by atoms with van der Waals surface area (Å²) in [5.41, 5.74) is -0.165. The number of alkyl halides is 1. The summed E-state index contributed by atoms with van der Waals surface area (Å²) >= 11 is 9.23. The van der Waals surface area contributed by atoms with Gasteiger partial charge in [0.1, 0.15) is 11.5 Å². The molecule has 0 heterocycles. The molecule has 1 N–H and O–H groups in total. The number of hydrogen-bond acceptors (Lipinski definition) is 2. The first-order chi connectivity index (χ1) is 9.53. The molecule has 0 aliphatic carbocycles. The lowest BCUT2D eigenvalue weighted by Crippen LogP contribution is -2.22. The van der Waals surface area contributed by atoms with Crippen molar-refractivity contribution >= 4 is 27.5 Å². The van der Waals surface area contributed by atoms with Crippen LogP contribution in [0, 0.1) is 0 Å². The molecule has 0 aliphatic rings. The monoisotopic (exact) mass is 354 g/mol. The molecular weight excluding hydrogens is 340 g/mol. The fraction of sp³-hybridized carbons (Fsp3) is 0.250. The highest BCUT2D eigenvalue weighted by Gasteiger charge is 2.26. The van der Waals surface area contributed by atoms with Gasteiger partial charge in [-0.3, -0.25) is 0 Å². The van der Waals surface area contributed by atoms with Gasteiger partial charge in [0.25, 0.3) is 0 Å². The van der Waals surface area contributed by atoms with Crippen molar-refractivity contribution in [3.63, 3.8) is 0 Å². The van der Waals surface area contributed by atoms with E-state index in [4.69, 9.17) is 16.3 Å². The van der Waals surface area contributed by atoms with Crippen LogP contribution >= 0.6 is 27.5 Å². The van der Waals surface area contributed by atoms with Crippen molar-refractivity contribution in [2.45, 2.75) is 18.9 Å². The van der Waals surface area contributed by atoms with Gasteiger partial charge >= 0.3 is 0 Å². The van der Waals surface area contributed by atoms with Crippen molar-refractivity contribution in [2.24, 2.45) is 0 Å². The standard InChI is InChI=1S/C16H16BrClO2/c1-16(19,10-11-17)14-4-2-3-5-15(14)20-13-8-6-12(18)7-9-13/h2-9,19H,10-11H2,1H3.